The number of hydrogen-bond donors (Lipinski definition) is 1. The van der Waals surface area contributed by atoms with Gasteiger partial charge in [-0.2, -0.15) is 0 Å². The van der Waals surface area contributed by atoms with E-state index in [9.17, 15) is 4.79 Å². The Morgan fingerprint density at radius 1 is 1.27 bits per heavy atom. The first-order valence-electron chi connectivity index (χ1n) is 7.86. The Balaban J connectivity index is 1.51. The predicted molar refractivity (Wildman–Crippen MR) is 90.7 cm³/mol. The Morgan fingerprint density at radius 2 is 2.05 bits per heavy atom. The quantitative estimate of drug-likeness (QED) is 0.945. The van der Waals surface area contributed by atoms with Gasteiger partial charge < -0.3 is 10.2 Å². The fourth-order valence-corrected chi connectivity index (χ4v) is 4.10. The molecular formula is C16H20N4OS. The van der Waals surface area contributed by atoms with E-state index in [2.05, 4.69) is 15.1 Å². The number of benzene rings is 1. The maximum Gasteiger partial charge on any atom is 0.221 e. The molecule has 6 heteroatoms. The molecule has 2 aliphatic rings. The highest BCUT2D eigenvalue weighted by molar-refractivity contribution is 7.22. The first-order valence-corrected chi connectivity index (χ1v) is 8.68. The van der Waals surface area contributed by atoms with Crippen LogP contribution in [0.1, 0.15) is 19.8 Å². The van der Waals surface area contributed by atoms with Crippen LogP contribution in [0.3, 0.4) is 0 Å². The molecule has 1 aliphatic heterocycles. The number of fused-ring (bicyclic) bond motifs is 1. The molecule has 1 saturated heterocycles. The molecule has 0 atom stereocenters. The van der Waals surface area contributed by atoms with Crippen molar-refractivity contribution in [3.8, 4) is 0 Å². The molecule has 4 rings (SSSR count). The molecule has 1 aromatic heterocycles. The molecule has 1 amide bonds. The summed E-state index contributed by atoms with van der Waals surface area (Å²) in [6.07, 6.45) is 2.76. The van der Waals surface area contributed by atoms with E-state index in [4.69, 9.17) is 4.98 Å². The Hall–Kier alpha value is -1.66. The normalized spacial score (nSPS) is 19.6. The van der Waals surface area contributed by atoms with Gasteiger partial charge in [0.2, 0.25) is 5.91 Å². The van der Waals surface area contributed by atoms with E-state index in [0.717, 1.165) is 53.3 Å². The summed E-state index contributed by atoms with van der Waals surface area (Å²) in [5, 5.41) is 3.93. The fourth-order valence-electron chi connectivity index (χ4n) is 3.05. The van der Waals surface area contributed by atoms with Crippen molar-refractivity contribution in [3.05, 3.63) is 18.2 Å². The maximum atomic E-state index is 11.2. The minimum atomic E-state index is -0.0414. The molecule has 0 radical (unpaired) electrons. The molecule has 1 aromatic carbocycles. The van der Waals surface area contributed by atoms with Gasteiger partial charge in [-0.15, -0.1) is 0 Å². The molecular weight excluding hydrogens is 296 g/mol. The van der Waals surface area contributed by atoms with E-state index in [1.54, 1.807) is 11.3 Å². The number of carbonyl (C=O) groups excluding carboxylic acids is 1. The number of amides is 1. The van der Waals surface area contributed by atoms with Crippen molar-refractivity contribution in [2.24, 2.45) is 0 Å². The lowest BCUT2D eigenvalue weighted by molar-refractivity contribution is -0.114. The molecule has 0 bridgehead atoms. The summed E-state index contributed by atoms with van der Waals surface area (Å²) in [6, 6.07) is 6.77. The number of hydrogen-bond acceptors (Lipinski definition) is 5. The minimum absolute atomic E-state index is 0.0414. The zero-order valence-electron chi connectivity index (χ0n) is 12.7. The van der Waals surface area contributed by atoms with Gasteiger partial charge in [0.25, 0.3) is 0 Å². The van der Waals surface area contributed by atoms with Crippen molar-refractivity contribution >= 4 is 38.3 Å². The number of thiazole rings is 1. The summed E-state index contributed by atoms with van der Waals surface area (Å²) in [5.41, 5.74) is 1.85. The number of piperazine rings is 1. The summed E-state index contributed by atoms with van der Waals surface area (Å²) in [4.78, 5) is 20.9. The lowest BCUT2D eigenvalue weighted by Crippen LogP contribution is -2.47. The Kier molecular flexibility index (Phi) is 3.50. The van der Waals surface area contributed by atoms with Gasteiger partial charge in [0, 0.05) is 44.8 Å². The second-order valence-corrected chi connectivity index (χ2v) is 7.12. The third-order valence-corrected chi connectivity index (χ3v) is 5.42. The van der Waals surface area contributed by atoms with Crippen molar-refractivity contribution in [2.75, 3.05) is 36.4 Å². The SMILES string of the molecule is CC(=O)Nc1ccc2nc(N3CCN(C4CC4)CC3)sc2c1. The van der Waals surface area contributed by atoms with Crippen LogP contribution in [0.5, 0.6) is 0 Å². The first-order chi connectivity index (χ1) is 10.7. The van der Waals surface area contributed by atoms with Crippen LogP contribution < -0.4 is 10.2 Å². The monoisotopic (exact) mass is 316 g/mol. The van der Waals surface area contributed by atoms with E-state index in [1.807, 2.05) is 18.2 Å². The van der Waals surface area contributed by atoms with Crippen LogP contribution in [0, 0.1) is 0 Å². The number of aromatic nitrogens is 1. The largest absolute Gasteiger partial charge is 0.345 e. The molecule has 1 aliphatic carbocycles. The van der Waals surface area contributed by atoms with Crippen molar-refractivity contribution < 1.29 is 4.79 Å². The molecule has 2 aromatic rings. The Bertz CT molecular complexity index is 701. The van der Waals surface area contributed by atoms with E-state index in [1.165, 1.54) is 19.8 Å². The molecule has 0 spiro atoms. The zero-order valence-corrected chi connectivity index (χ0v) is 13.5. The smallest absolute Gasteiger partial charge is 0.221 e. The van der Waals surface area contributed by atoms with Crippen LogP contribution in [-0.2, 0) is 4.79 Å². The van der Waals surface area contributed by atoms with Gasteiger partial charge in [0.15, 0.2) is 5.13 Å². The average Bonchev–Trinajstić information content (AvgIpc) is 3.26. The number of rotatable bonds is 3. The third kappa shape index (κ3) is 2.80. The van der Waals surface area contributed by atoms with E-state index in [-0.39, 0.29) is 5.91 Å². The van der Waals surface area contributed by atoms with Crippen LogP contribution >= 0.6 is 11.3 Å². The lowest BCUT2D eigenvalue weighted by Gasteiger charge is -2.34. The van der Waals surface area contributed by atoms with Crippen LogP contribution in [0.4, 0.5) is 10.8 Å². The summed E-state index contributed by atoms with van der Waals surface area (Å²) in [5.74, 6) is -0.0414. The average molecular weight is 316 g/mol. The maximum absolute atomic E-state index is 11.2. The van der Waals surface area contributed by atoms with Gasteiger partial charge in [0.1, 0.15) is 0 Å². The van der Waals surface area contributed by atoms with E-state index < -0.39 is 0 Å². The van der Waals surface area contributed by atoms with E-state index >= 15 is 0 Å². The van der Waals surface area contributed by atoms with Crippen LogP contribution in [0.25, 0.3) is 10.2 Å². The second kappa shape index (κ2) is 5.52. The minimum Gasteiger partial charge on any atom is -0.345 e. The molecule has 1 N–H and O–H groups in total. The highest BCUT2D eigenvalue weighted by atomic mass is 32.1. The standard InChI is InChI=1S/C16H20N4OS/c1-11(21)17-12-2-5-14-15(10-12)22-16(18-14)20-8-6-19(7-9-20)13-3-4-13/h2,5,10,13H,3-4,6-9H2,1H3,(H,17,21). The zero-order chi connectivity index (χ0) is 15.1. The predicted octanol–water partition coefficient (Wildman–Crippen LogP) is 2.54. The number of anilines is 2. The summed E-state index contributed by atoms with van der Waals surface area (Å²) < 4.78 is 1.13. The van der Waals surface area contributed by atoms with Gasteiger partial charge in [-0.25, -0.2) is 4.98 Å². The van der Waals surface area contributed by atoms with Gasteiger partial charge in [-0.1, -0.05) is 11.3 Å². The van der Waals surface area contributed by atoms with Crippen LogP contribution in [-0.4, -0.2) is 48.0 Å². The topological polar surface area (TPSA) is 48.5 Å². The second-order valence-electron chi connectivity index (χ2n) is 6.11. The van der Waals surface area contributed by atoms with Gasteiger partial charge >= 0.3 is 0 Å². The number of nitrogens with zero attached hydrogens (tertiary/aromatic N) is 3. The van der Waals surface area contributed by atoms with Gasteiger partial charge in [-0.05, 0) is 31.0 Å². The molecule has 5 nitrogen and oxygen atoms in total. The third-order valence-electron chi connectivity index (χ3n) is 4.35. The Labute approximate surface area is 133 Å². The molecule has 22 heavy (non-hydrogen) atoms. The Morgan fingerprint density at radius 3 is 2.73 bits per heavy atom. The fraction of sp³-hybridized carbons (Fsp3) is 0.500. The van der Waals surface area contributed by atoms with Crippen molar-refractivity contribution in [3.63, 3.8) is 0 Å². The molecule has 2 heterocycles. The van der Waals surface area contributed by atoms with Gasteiger partial charge in [0.05, 0.1) is 10.2 Å². The van der Waals surface area contributed by atoms with Crippen LogP contribution in [0.15, 0.2) is 18.2 Å². The number of nitrogens with one attached hydrogen (secondary N) is 1. The first kappa shape index (κ1) is 14.0. The highest BCUT2D eigenvalue weighted by Gasteiger charge is 2.31. The highest BCUT2D eigenvalue weighted by Crippen LogP contribution is 2.33. The molecule has 2 fully saturated rings. The summed E-state index contributed by atoms with van der Waals surface area (Å²) in [7, 11) is 0. The van der Waals surface area contributed by atoms with Crippen molar-refractivity contribution in [2.45, 2.75) is 25.8 Å². The van der Waals surface area contributed by atoms with Crippen LogP contribution in [0.2, 0.25) is 0 Å². The molecule has 1 saturated carbocycles. The van der Waals surface area contributed by atoms with E-state index in [0.29, 0.717) is 0 Å². The number of carbonyl (C=O) groups is 1. The molecule has 116 valence electrons. The summed E-state index contributed by atoms with van der Waals surface area (Å²) in [6.45, 7) is 5.96. The molecule has 0 unspecified atom stereocenters. The van der Waals surface area contributed by atoms with Gasteiger partial charge in [-0.3, -0.25) is 9.69 Å². The summed E-state index contributed by atoms with van der Waals surface area (Å²) >= 11 is 1.72. The van der Waals surface area contributed by atoms with Crippen molar-refractivity contribution in [1.29, 1.82) is 0 Å². The lowest BCUT2D eigenvalue weighted by atomic mass is 10.3. The van der Waals surface area contributed by atoms with Crippen molar-refractivity contribution in [1.82, 2.24) is 9.88 Å².